The number of hydrogen-bond acceptors (Lipinski definition) is 1. The fraction of sp³-hybridized carbons (Fsp3) is 0.471. The Morgan fingerprint density at radius 1 is 1.37 bits per heavy atom. The first-order valence-electron chi connectivity index (χ1n) is 7.06. The Bertz CT molecular complexity index is 479. The number of rotatable bonds is 4. The Morgan fingerprint density at radius 3 is 2.63 bits per heavy atom. The third-order valence-electron chi connectivity index (χ3n) is 3.59. The van der Waals surface area contributed by atoms with Crippen LogP contribution in [0.4, 0.5) is 0 Å². The normalized spacial score (nSPS) is 15.3. The first-order chi connectivity index (χ1) is 9.22. The van der Waals surface area contributed by atoms with Crippen LogP contribution in [0.2, 0.25) is 0 Å². The van der Waals surface area contributed by atoms with Gasteiger partial charge in [-0.15, -0.1) is 0 Å². The molecule has 2 nitrogen and oxygen atoms in total. The van der Waals surface area contributed by atoms with Crippen molar-refractivity contribution in [1.82, 2.24) is 4.90 Å². The number of benzene rings is 1. The summed E-state index contributed by atoms with van der Waals surface area (Å²) in [6.07, 6.45) is 3.08. The van der Waals surface area contributed by atoms with Gasteiger partial charge in [-0.2, -0.15) is 0 Å². The summed E-state index contributed by atoms with van der Waals surface area (Å²) in [7, 11) is 0. The van der Waals surface area contributed by atoms with E-state index < -0.39 is 0 Å². The largest absolute Gasteiger partial charge is 0.329 e. The molecule has 1 aliphatic rings. The minimum Gasteiger partial charge on any atom is -0.329 e. The Kier molecular flexibility index (Phi) is 4.63. The molecule has 0 spiro atoms. The standard InChI is InChI=1S/C17H21NO/c1-3-14(2)18(17(19)16-11-12-16)13-7-10-15-8-5-4-6-9-15/h4-6,8-9,14,16H,3,11-13H2,1-2H3/t14-/m0/s1. The van der Waals surface area contributed by atoms with Gasteiger partial charge in [0.1, 0.15) is 0 Å². The molecular formula is C17H21NO. The van der Waals surface area contributed by atoms with Gasteiger partial charge in [0.15, 0.2) is 0 Å². The predicted octanol–water partition coefficient (Wildman–Crippen LogP) is 3.08. The van der Waals surface area contributed by atoms with Crippen LogP contribution in [0.3, 0.4) is 0 Å². The van der Waals surface area contributed by atoms with Crippen LogP contribution >= 0.6 is 0 Å². The second-order valence-electron chi connectivity index (χ2n) is 5.17. The third-order valence-corrected chi connectivity index (χ3v) is 3.59. The summed E-state index contributed by atoms with van der Waals surface area (Å²) >= 11 is 0. The maximum absolute atomic E-state index is 12.2. The summed E-state index contributed by atoms with van der Waals surface area (Å²) in [5.74, 6) is 6.82. The van der Waals surface area contributed by atoms with Gasteiger partial charge in [-0.1, -0.05) is 37.0 Å². The highest BCUT2D eigenvalue weighted by Crippen LogP contribution is 2.31. The second-order valence-corrected chi connectivity index (χ2v) is 5.17. The lowest BCUT2D eigenvalue weighted by Crippen LogP contribution is -2.39. The van der Waals surface area contributed by atoms with Crippen molar-refractivity contribution in [3.8, 4) is 11.8 Å². The lowest BCUT2D eigenvalue weighted by molar-refractivity contribution is -0.133. The SMILES string of the molecule is CC[C@H](C)N(CC#Cc1ccccc1)C(=O)C1CC1. The van der Waals surface area contributed by atoms with Crippen LogP contribution in [0.5, 0.6) is 0 Å². The summed E-state index contributed by atoms with van der Waals surface area (Å²) in [6, 6.07) is 10.2. The smallest absolute Gasteiger partial charge is 0.226 e. The van der Waals surface area contributed by atoms with Gasteiger partial charge in [0.2, 0.25) is 5.91 Å². The van der Waals surface area contributed by atoms with E-state index in [2.05, 4.69) is 25.7 Å². The lowest BCUT2D eigenvalue weighted by atomic mass is 10.2. The summed E-state index contributed by atoms with van der Waals surface area (Å²) in [5, 5.41) is 0. The first kappa shape index (κ1) is 13.7. The molecular weight excluding hydrogens is 234 g/mol. The van der Waals surface area contributed by atoms with Crippen LogP contribution in [-0.2, 0) is 4.79 Å². The minimum atomic E-state index is 0.271. The van der Waals surface area contributed by atoms with Crippen molar-refractivity contribution in [2.24, 2.45) is 5.92 Å². The van der Waals surface area contributed by atoms with Crippen LogP contribution in [0.25, 0.3) is 0 Å². The molecule has 1 aliphatic carbocycles. The van der Waals surface area contributed by atoms with Crippen LogP contribution in [0.15, 0.2) is 30.3 Å². The van der Waals surface area contributed by atoms with Crippen LogP contribution in [-0.4, -0.2) is 23.4 Å². The molecule has 0 bridgehead atoms. The predicted molar refractivity (Wildman–Crippen MR) is 77.5 cm³/mol. The van der Waals surface area contributed by atoms with Gasteiger partial charge in [-0.25, -0.2) is 0 Å². The molecule has 100 valence electrons. The molecule has 1 fully saturated rings. The second kappa shape index (κ2) is 6.43. The molecule has 2 heteroatoms. The van der Waals surface area contributed by atoms with E-state index in [1.165, 1.54) is 0 Å². The summed E-state index contributed by atoms with van der Waals surface area (Å²) < 4.78 is 0. The molecule has 1 atom stereocenters. The van der Waals surface area contributed by atoms with Crippen LogP contribution in [0, 0.1) is 17.8 Å². The van der Waals surface area contributed by atoms with Crippen molar-refractivity contribution >= 4 is 5.91 Å². The zero-order valence-electron chi connectivity index (χ0n) is 11.7. The average molecular weight is 255 g/mol. The highest BCUT2D eigenvalue weighted by atomic mass is 16.2. The molecule has 0 radical (unpaired) electrons. The molecule has 0 aliphatic heterocycles. The first-order valence-corrected chi connectivity index (χ1v) is 7.06. The van der Waals surface area contributed by atoms with Crippen molar-refractivity contribution in [3.63, 3.8) is 0 Å². The summed E-state index contributed by atoms with van der Waals surface area (Å²) in [6.45, 7) is 4.76. The highest BCUT2D eigenvalue weighted by molar-refractivity contribution is 5.81. The Balaban J connectivity index is 2.00. The molecule has 0 unspecified atom stereocenters. The summed E-state index contributed by atoms with van der Waals surface area (Å²) in [4.78, 5) is 14.1. The van der Waals surface area contributed by atoms with Crippen molar-refractivity contribution in [2.45, 2.75) is 39.2 Å². The Labute approximate surface area is 115 Å². The monoisotopic (exact) mass is 255 g/mol. The highest BCUT2D eigenvalue weighted by Gasteiger charge is 2.34. The molecule has 0 heterocycles. The molecule has 0 N–H and O–H groups in total. The van der Waals surface area contributed by atoms with Crippen molar-refractivity contribution < 1.29 is 4.79 Å². The van der Waals surface area contributed by atoms with Gasteiger partial charge >= 0.3 is 0 Å². The third kappa shape index (κ3) is 3.86. The zero-order valence-corrected chi connectivity index (χ0v) is 11.7. The maximum Gasteiger partial charge on any atom is 0.226 e. The van der Waals surface area contributed by atoms with E-state index in [4.69, 9.17) is 0 Å². The van der Waals surface area contributed by atoms with Gasteiger partial charge in [-0.05, 0) is 38.3 Å². The lowest BCUT2D eigenvalue weighted by Gasteiger charge is -2.26. The number of carbonyl (C=O) groups is 1. The van der Waals surface area contributed by atoms with E-state index in [1.54, 1.807) is 0 Å². The topological polar surface area (TPSA) is 20.3 Å². The molecule has 2 rings (SSSR count). The molecule has 1 aromatic rings. The number of amides is 1. The average Bonchev–Trinajstić information content (AvgIpc) is 3.28. The Morgan fingerprint density at radius 2 is 2.05 bits per heavy atom. The van der Waals surface area contributed by atoms with Crippen molar-refractivity contribution in [3.05, 3.63) is 35.9 Å². The quantitative estimate of drug-likeness (QED) is 0.757. The van der Waals surface area contributed by atoms with Gasteiger partial charge in [-0.3, -0.25) is 4.79 Å². The molecule has 19 heavy (non-hydrogen) atoms. The van der Waals surface area contributed by atoms with E-state index in [1.807, 2.05) is 35.2 Å². The Hall–Kier alpha value is -1.75. The van der Waals surface area contributed by atoms with E-state index >= 15 is 0 Å². The maximum atomic E-state index is 12.2. The molecule has 1 saturated carbocycles. The number of carbonyl (C=O) groups excluding carboxylic acids is 1. The van der Waals surface area contributed by atoms with Crippen molar-refractivity contribution in [1.29, 1.82) is 0 Å². The van der Waals surface area contributed by atoms with Crippen LogP contribution < -0.4 is 0 Å². The minimum absolute atomic E-state index is 0.271. The fourth-order valence-electron chi connectivity index (χ4n) is 1.98. The zero-order chi connectivity index (χ0) is 13.7. The van der Waals surface area contributed by atoms with Gasteiger partial charge in [0.05, 0.1) is 6.54 Å². The fourth-order valence-corrected chi connectivity index (χ4v) is 1.98. The van der Waals surface area contributed by atoms with Crippen LogP contribution in [0.1, 0.15) is 38.7 Å². The molecule has 0 saturated heterocycles. The van der Waals surface area contributed by atoms with Gasteiger partial charge in [0, 0.05) is 17.5 Å². The van der Waals surface area contributed by atoms with E-state index in [9.17, 15) is 4.79 Å². The molecule has 1 amide bonds. The van der Waals surface area contributed by atoms with E-state index in [-0.39, 0.29) is 17.9 Å². The van der Waals surface area contributed by atoms with Gasteiger partial charge in [0.25, 0.3) is 0 Å². The van der Waals surface area contributed by atoms with Gasteiger partial charge < -0.3 is 4.90 Å². The van der Waals surface area contributed by atoms with E-state index in [0.29, 0.717) is 6.54 Å². The summed E-state index contributed by atoms with van der Waals surface area (Å²) in [5.41, 5.74) is 1.01. The van der Waals surface area contributed by atoms with E-state index in [0.717, 1.165) is 24.8 Å². The number of nitrogens with zero attached hydrogens (tertiary/aromatic N) is 1. The van der Waals surface area contributed by atoms with Crippen molar-refractivity contribution in [2.75, 3.05) is 6.54 Å². The molecule has 1 aromatic carbocycles. The number of hydrogen-bond donors (Lipinski definition) is 0. The molecule has 0 aromatic heterocycles.